The van der Waals surface area contributed by atoms with Gasteiger partial charge in [0, 0.05) is 13.1 Å². The van der Waals surface area contributed by atoms with Crippen LogP contribution in [0.5, 0.6) is 5.75 Å². The maximum atomic E-state index is 12.6. The topological polar surface area (TPSA) is 113 Å². The number of sulfonamides is 1. The highest BCUT2D eigenvalue weighted by atomic mass is 32.2. The number of carboxylic acid groups (broad SMARTS) is 1. The summed E-state index contributed by atoms with van der Waals surface area (Å²) in [4.78, 5) is 23.1. The van der Waals surface area contributed by atoms with Crippen LogP contribution in [0, 0.1) is 0 Å². The molecule has 9 heteroatoms. The Morgan fingerprint density at radius 2 is 1.88 bits per heavy atom. The number of ether oxygens (including phenoxy) is 1. The molecule has 2 N–H and O–H groups in total. The SMILES string of the molecule is CCN(CC)S(=O)(=O)c1ccc(OC)c(C(=O)N[C@H](C)C(=O)O)c1. The van der Waals surface area contributed by atoms with Gasteiger partial charge in [-0.15, -0.1) is 0 Å². The number of rotatable bonds is 8. The first-order valence-corrected chi connectivity index (χ1v) is 8.84. The van der Waals surface area contributed by atoms with E-state index in [1.165, 1.54) is 36.5 Å². The third kappa shape index (κ3) is 4.24. The number of carbonyl (C=O) groups excluding carboxylic acids is 1. The van der Waals surface area contributed by atoms with Gasteiger partial charge in [-0.3, -0.25) is 9.59 Å². The van der Waals surface area contributed by atoms with Crippen LogP contribution in [0.4, 0.5) is 0 Å². The Labute approximate surface area is 141 Å². The van der Waals surface area contributed by atoms with Crippen LogP contribution in [0.3, 0.4) is 0 Å². The number of amides is 1. The Morgan fingerprint density at radius 1 is 1.29 bits per heavy atom. The van der Waals surface area contributed by atoms with Gasteiger partial charge < -0.3 is 15.2 Å². The van der Waals surface area contributed by atoms with Gasteiger partial charge >= 0.3 is 5.97 Å². The zero-order chi connectivity index (χ0) is 18.5. The number of methoxy groups -OCH3 is 1. The summed E-state index contributed by atoms with van der Waals surface area (Å²) in [6, 6.07) is 2.79. The maximum absolute atomic E-state index is 12.6. The first-order chi connectivity index (χ1) is 11.2. The van der Waals surface area contributed by atoms with E-state index in [9.17, 15) is 18.0 Å². The first-order valence-electron chi connectivity index (χ1n) is 7.40. The Kier molecular flexibility index (Phi) is 6.73. The van der Waals surface area contributed by atoms with Gasteiger partial charge in [-0.25, -0.2) is 8.42 Å². The van der Waals surface area contributed by atoms with E-state index in [1.54, 1.807) is 13.8 Å². The van der Waals surface area contributed by atoms with Crippen LogP contribution in [-0.2, 0) is 14.8 Å². The van der Waals surface area contributed by atoms with Gasteiger partial charge in [-0.2, -0.15) is 4.31 Å². The molecule has 1 aromatic rings. The van der Waals surface area contributed by atoms with Crippen LogP contribution in [0.15, 0.2) is 23.1 Å². The molecule has 1 rings (SSSR count). The molecule has 24 heavy (non-hydrogen) atoms. The largest absolute Gasteiger partial charge is 0.496 e. The second kappa shape index (κ2) is 8.11. The minimum absolute atomic E-state index is 0.0427. The zero-order valence-electron chi connectivity index (χ0n) is 14.1. The fourth-order valence-corrected chi connectivity index (χ4v) is 3.56. The molecule has 0 saturated carbocycles. The maximum Gasteiger partial charge on any atom is 0.325 e. The van der Waals surface area contributed by atoms with E-state index in [-0.39, 0.29) is 16.2 Å². The Morgan fingerprint density at radius 3 is 2.33 bits per heavy atom. The van der Waals surface area contributed by atoms with Gasteiger partial charge in [-0.05, 0) is 25.1 Å². The molecule has 0 fully saturated rings. The monoisotopic (exact) mass is 358 g/mol. The number of carbonyl (C=O) groups is 2. The van der Waals surface area contributed by atoms with Crippen molar-refractivity contribution >= 4 is 21.9 Å². The van der Waals surface area contributed by atoms with Crippen LogP contribution in [0.2, 0.25) is 0 Å². The lowest BCUT2D eigenvalue weighted by atomic mass is 10.1. The average molecular weight is 358 g/mol. The molecule has 0 radical (unpaired) electrons. The van der Waals surface area contributed by atoms with Crippen LogP contribution in [0.1, 0.15) is 31.1 Å². The fraction of sp³-hybridized carbons (Fsp3) is 0.467. The smallest absolute Gasteiger partial charge is 0.325 e. The van der Waals surface area contributed by atoms with E-state index in [2.05, 4.69) is 5.32 Å². The van der Waals surface area contributed by atoms with Crippen molar-refractivity contribution in [3.05, 3.63) is 23.8 Å². The summed E-state index contributed by atoms with van der Waals surface area (Å²) in [7, 11) is -2.41. The van der Waals surface area contributed by atoms with Crippen molar-refractivity contribution in [1.29, 1.82) is 0 Å². The first kappa shape index (κ1) is 19.9. The fourth-order valence-electron chi connectivity index (χ4n) is 2.07. The number of nitrogens with one attached hydrogen (secondary N) is 1. The minimum atomic E-state index is -3.75. The van der Waals surface area contributed by atoms with Gasteiger partial charge in [0.25, 0.3) is 5.91 Å². The lowest BCUT2D eigenvalue weighted by Gasteiger charge is -2.19. The summed E-state index contributed by atoms with van der Waals surface area (Å²) in [5.74, 6) is -1.77. The molecule has 1 aromatic carbocycles. The number of hydrogen-bond donors (Lipinski definition) is 2. The zero-order valence-corrected chi connectivity index (χ0v) is 14.9. The summed E-state index contributed by atoms with van der Waals surface area (Å²) in [5.41, 5.74) is -0.0427. The standard InChI is InChI=1S/C15H22N2O6S/c1-5-17(6-2)24(21,22)11-7-8-13(23-4)12(9-11)14(18)16-10(3)15(19)20/h7-10H,5-6H2,1-4H3,(H,16,18)(H,19,20)/t10-/m1/s1. The van der Waals surface area contributed by atoms with Gasteiger partial charge in [-0.1, -0.05) is 13.8 Å². The molecule has 0 aliphatic rings. The van der Waals surface area contributed by atoms with Gasteiger partial charge in [0.2, 0.25) is 10.0 Å². The Hall–Kier alpha value is -2.13. The second-order valence-corrected chi connectivity index (χ2v) is 6.92. The quantitative estimate of drug-likeness (QED) is 0.715. The number of benzene rings is 1. The summed E-state index contributed by atoms with van der Waals surface area (Å²) in [6.45, 7) is 5.33. The van der Waals surface area contributed by atoms with Crippen LogP contribution in [-0.4, -0.2) is 55.9 Å². The van der Waals surface area contributed by atoms with Crippen LogP contribution in [0.25, 0.3) is 0 Å². The highest BCUT2D eigenvalue weighted by Crippen LogP contribution is 2.24. The van der Waals surface area contributed by atoms with Crippen LogP contribution < -0.4 is 10.1 Å². The van der Waals surface area contributed by atoms with Crippen molar-refractivity contribution in [2.24, 2.45) is 0 Å². The Balaban J connectivity index is 3.31. The van der Waals surface area contributed by atoms with Crippen molar-refractivity contribution in [1.82, 2.24) is 9.62 Å². The third-order valence-corrected chi connectivity index (χ3v) is 5.52. The third-order valence-electron chi connectivity index (χ3n) is 3.48. The molecule has 0 aromatic heterocycles. The van der Waals surface area contributed by atoms with Gasteiger partial charge in [0.05, 0.1) is 17.6 Å². The number of aliphatic carboxylic acids is 1. The van der Waals surface area contributed by atoms with E-state index in [0.717, 1.165) is 0 Å². The summed E-state index contributed by atoms with van der Waals surface area (Å²) >= 11 is 0. The predicted octanol–water partition coefficient (Wildman–Crippen LogP) is 0.929. The molecule has 0 unspecified atom stereocenters. The van der Waals surface area contributed by atoms with Crippen molar-refractivity contribution < 1.29 is 27.9 Å². The van der Waals surface area contributed by atoms with E-state index in [0.29, 0.717) is 13.1 Å². The van der Waals surface area contributed by atoms with Crippen molar-refractivity contribution in [2.45, 2.75) is 31.7 Å². The highest BCUT2D eigenvalue weighted by Gasteiger charge is 2.25. The van der Waals surface area contributed by atoms with E-state index < -0.39 is 27.9 Å². The second-order valence-electron chi connectivity index (χ2n) is 4.98. The number of hydrogen-bond acceptors (Lipinski definition) is 5. The molecule has 0 saturated heterocycles. The van der Waals surface area contributed by atoms with Crippen molar-refractivity contribution in [3.8, 4) is 5.75 Å². The molecular weight excluding hydrogens is 336 g/mol. The molecule has 134 valence electrons. The summed E-state index contributed by atoms with van der Waals surface area (Å²) in [5, 5.41) is 11.2. The molecule has 1 amide bonds. The molecule has 0 aliphatic carbocycles. The normalized spacial score (nSPS) is 12.7. The average Bonchev–Trinajstić information content (AvgIpc) is 2.54. The molecule has 0 heterocycles. The predicted molar refractivity (Wildman–Crippen MR) is 87.7 cm³/mol. The molecule has 0 spiro atoms. The Bertz CT molecular complexity index is 713. The minimum Gasteiger partial charge on any atom is -0.496 e. The van der Waals surface area contributed by atoms with Crippen molar-refractivity contribution in [2.75, 3.05) is 20.2 Å². The lowest BCUT2D eigenvalue weighted by molar-refractivity contribution is -0.138. The van der Waals surface area contributed by atoms with E-state index >= 15 is 0 Å². The summed E-state index contributed by atoms with van der Waals surface area (Å²) < 4.78 is 31.5. The van der Waals surface area contributed by atoms with Crippen LogP contribution >= 0.6 is 0 Å². The molecule has 0 bridgehead atoms. The van der Waals surface area contributed by atoms with Gasteiger partial charge in [0.15, 0.2) is 0 Å². The number of carboxylic acids is 1. The van der Waals surface area contributed by atoms with E-state index in [4.69, 9.17) is 9.84 Å². The molecule has 0 aliphatic heterocycles. The summed E-state index contributed by atoms with van der Waals surface area (Å²) in [6.07, 6.45) is 0. The molecule has 8 nitrogen and oxygen atoms in total. The highest BCUT2D eigenvalue weighted by molar-refractivity contribution is 7.89. The van der Waals surface area contributed by atoms with Gasteiger partial charge in [0.1, 0.15) is 11.8 Å². The van der Waals surface area contributed by atoms with Crippen molar-refractivity contribution in [3.63, 3.8) is 0 Å². The lowest BCUT2D eigenvalue weighted by Crippen LogP contribution is -2.38. The van der Waals surface area contributed by atoms with E-state index in [1.807, 2.05) is 0 Å². The molecule has 1 atom stereocenters. The number of nitrogens with zero attached hydrogens (tertiary/aromatic N) is 1. The molecular formula is C15H22N2O6S.